The lowest BCUT2D eigenvalue weighted by atomic mass is 9.94. The molecule has 1 aliphatic heterocycles. The van der Waals surface area contributed by atoms with Gasteiger partial charge in [0.2, 0.25) is 5.91 Å². The Bertz CT molecular complexity index is 916. The van der Waals surface area contributed by atoms with Crippen molar-refractivity contribution >= 4 is 23.0 Å². The van der Waals surface area contributed by atoms with Crippen molar-refractivity contribution in [3.05, 3.63) is 59.2 Å². The highest BCUT2D eigenvalue weighted by Crippen LogP contribution is 2.38. The van der Waals surface area contributed by atoms with Gasteiger partial charge in [0.25, 0.3) is 0 Å². The molecule has 1 amide bonds. The summed E-state index contributed by atoms with van der Waals surface area (Å²) in [6.07, 6.45) is -9.56. The Morgan fingerprint density at radius 3 is 1.97 bits per heavy atom. The maximum Gasteiger partial charge on any atom is 0.416 e. The molecule has 2 aromatic carbocycles. The summed E-state index contributed by atoms with van der Waals surface area (Å²) in [6, 6.07) is 7.56. The summed E-state index contributed by atoms with van der Waals surface area (Å²) >= 11 is 0. The number of rotatable bonds is 3. The maximum absolute atomic E-state index is 13.0. The van der Waals surface area contributed by atoms with Crippen molar-refractivity contribution in [2.24, 2.45) is 11.0 Å². The van der Waals surface area contributed by atoms with Crippen LogP contribution in [0.4, 0.5) is 37.7 Å². The Balaban J connectivity index is 1.87. The summed E-state index contributed by atoms with van der Waals surface area (Å²) in [4.78, 5) is 11.3. The predicted octanol–water partition coefficient (Wildman–Crippen LogP) is 5.33. The van der Waals surface area contributed by atoms with Crippen molar-refractivity contribution in [3.8, 4) is 0 Å². The van der Waals surface area contributed by atoms with Gasteiger partial charge in [0.1, 0.15) is 0 Å². The molecule has 2 aromatic rings. The number of anilines is 2. The molecule has 2 N–H and O–H groups in total. The molecule has 0 saturated carbocycles. The molecule has 3 rings (SSSR count). The van der Waals surface area contributed by atoms with Crippen LogP contribution in [-0.4, -0.2) is 11.6 Å². The number of hydrogen-bond donors (Lipinski definition) is 2. The highest BCUT2D eigenvalue weighted by Gasteiger charge is 2.37. The molecule has 1 aliphatic rings. The number of alkyl halides is 6. The van der Waals surface area contributed by atoms with Crippen molar-refractivity contribution in [3.63, 3.8) is 0 Å². The second-order valence-electron chi connectivity index (χ2n) is 6.63. The molecule has 0 radical (unpaired) electrons. The molecule has 0 aromatic heterocycles. The van der Waals surface area contributed by atoms with Gasteiger partial charge in [-0.1, -0.05) is 19.1 Å². The van der Waals surface area contributed by atoms with E-state index in [1.807, 2.05) is 6.92 Å². The summed E-state index contributed by atoms with van der Waals surface area (Å²) in [5.41, 5.74) is 0.865. The summed E-state index contributed by atoms with van der Waals surface area (Å²) in [6.45, 7) is 1.82. The van der Waals surface area contributed by atoms with Gasteiger partial charge in [0.05, 0.1) is 16.8 Å². The molecule has 0 spiro atoms. The first kappa shape index (κ1) is 20.7. The van der Waals surface area contributed by atoms with Gasteiger partial charge < -0.3 is 5.32 Å². The smallest absolute Gasteiger partial charge is 0.356 e. The topological polar surface area (TPSA) is 53.5 Å². The van der Waals surface area contributed by atoms with E-state index in [9.17, 15) is 31.1 Å². The number of hydrazone groups is 1. The Morgan fingerprint density at radius 2 is 1.48 bits per heavy atom. The molecule has 0 aliphatic carbocycles. The third kappa shape index (κ3) is 4.87. The zero-order valence-electron chi connectivity index (χ0n) is 14.9. The summed E-state index contributed by atoms with van der Waals surface area (Å²) < 4.78 is 77.8. The summed E-state index contributed by atoms with van der Waals surface area (Å²) in [5.74, 6) is -0.329. The van der Waals surface area contributed by atoms with Gasteiger partial charge in [-0.15, -0.1) is 0 Å². The monoisotopic (exact) mass is 415 g/mol. The van der Waals surface area contributed by atoms with Gasteiger partial charge in [-0.05, 0) is 35.9 Å². The van der Waals surface area contributed by atoms with E-state index in [1.165, 1.54) is 12.1 Å². The average molecular weight is 415 g/mol. The minimum absolute atomic E-state index is 0.0746. The lowest BCUT2D eigenvalue weighted by molar-refractivity contribution is -0.143. The Kier molecular flexibility index (Phi) is 5.29. The number of nitrogens with one attached hydrogen (secondary N) is 2. The van der Waals surface area contributed by atoms with Gasteiger partial charge in [-0.3, -0.25) is 4.79 Å². The summed E-state index contributed by atoms with van der Waals surface area (Å²) in [5, 5.41) is 6.57. The van der Waals surface area contributed by atoms with E-state index in [0.717, 1.165) is 0 Å². The van der Waals surface area contributed by atoms with E-state index in [-0.39, 0.29) is 30.0 Å². The second kappa shape index (κ2) is 7.41. The molecule has 1 heterocycles. The minimum atomic E-state index is -4.92. The van der Waals surface area contributed by atoms with Gasteiger partial charge >= 0.3 is 12.4 Å². The van der Waals surface area contributed by atoms with Crippen molar-refractivity contribution in [1.29, 1.82) is 0 Å². The lowest BCUT2D eigenvalue weighted by Gasteiger charge is -2.19. The van der Waals surface area contributed by atoms with E-state index in [1.54, 1.807) is 12.1 Å². The fourth-order valence-electron chi connectivity index (χ4n) is 2.92. The van der Waals surface area contributed by atoms with Crippen LogP contribution in [0, 0.1) is 5.92 Å². The zero-order valence-corrected chi connectivity index (χ0v) is 14.9. The van der Waals surface area contributed by atoms with Crippen LogP contribution in [0.3, 0.4) is 0 Å². The molecule has 10 heteroatoms. The third-order valence-corrected chi connectivity index (χ3v) is 4.32. The number of carbonyl (C=O) groups excluding carboxylic acids is 1. The number of nitrogens with zero attached hydrogens (tertiary/aromatic N) is 1. The van der Waals surface area contributed by atoms with E-state index < -0.39 is 23.5 Å². The molecule has 0 saturated heterocycles. The second-order valence-corrected chi connectivity index (χ2v) is 6.63. The van der Waals surface area contributed by atoms with Crippen LogP contribution in [0.25, 0.3) is 0 Å². The van der Waals surface area contributed by atoms with Crippen LogP contribution in [0.15, 0.2) is 47.6 Å². The van der Waals surface area contributed by atoms with Crippen LogP contribution < -0.4 is 10.7 Å². The lowest BCUT2D eigenvalue weighted by Crippen LogP contribution is -2.31. The van der Waals surface area contributed by atoms with E-state index in [2.05, 4.69) is 15.8 Å². The van der Waals surface area contributed by atoms with Crippen molar-refractivity contribution in [2.75, 3.05) is 5.32 Å². The molecular weight excluding hydrogens is 400 g/mol. The number of carbonyl (C=O) groups is 1. The molecule has 154 valence electrons. The molecule has 1 atom stereocenters. The Labute approximate surface area is 161 Å². The fourth-order valence-corrected chi connectivity index (χ4v) is 2.92. The quantitative estimate of drug-likeness (QED) is 0.666. The Hall–Kier alpha value is -3.04. The first-order chi connectivity index (χ1) is 13.4. The molecule has 0 bridgehead atoms. The number of hydrogen-bond acceptors (Lipinski definition) is 3. The molecule has 29 heavy (non-hydrogen) atoms. The SMILES string of the molecule is C[C@@H]1CC(=O)NN=C1c1ccc(Nc2cc(C(F)(F)F)cc(C(F)(F)F)c2)cc1. The molecular formula is C19H15F6N3O. The first-order valence-corrected chi connectivity index (χ1v) is 8.47. The zero-order chi connectivity index (χ0) is 21.4. The van der Waals surface area contributed by atoms with Gasteiger partial charge in [0, 0.05) is 23.7 Å². The molecule has 0 fully saturated rings. The van der Waals surface area contributed by atoms with Gasteiger partial charge in [0.15, 0.2) is 0 Å². The minimum Gasteiger partial charge on any atom is -0.356 e. The maximum atomic E-state index is 13.0. The fraction of sp³-hybridized carbons (Fsp3) is 0.263. The van der Waals surface area contributed by atoms with Gasteiger partial charge in [-0.2, -0.15) is 31.4 Å². The van der Waals surface area contributed by atoms with E-state index in [4.69, 9.17) is 0 Å². The molecule has 4 nitrogen and oxygen atoms in total. The standard InChI is InChI=1S/C19H15F6N3O/c1-10-6-16(29)27-28-17(10)11-2-4-14(5-3-11)26-15-8-12(18(20,21)22)7-13(9-15)19(23,24)25/h2-5,7-10,26H,6H2,1H3,(H,27,29)/t10-/m1/s1. The highest BCUT2D eigenvalue weighted by molar-refractivity contribution is 6.05. The normalized spacial score (nSPS) is 17.6. The number of amides is 1. The highest BCUT2D eigenvalue weighted by atomic mass is 19.4. The van der Waals surface area contributed by atoms with Crippen molar-refractivity contribution < 1.29 is 31.1 Å². The number of halogens is 6. The van der Waals surface area contributed by atoms with Crippen LogP contribution in [0.5, 0.6) is 0 Å². The average Bonchev–Trinajstić information content (AvgIpc) is 2.61. The van der Waals surface area contributed by atoms with Crippen molar-refractivity contribution in [2.45, 2.75) is 25.7 Å². The largest absolute Gasteiger partial charge is 0.416 e. The van der Waals surface area contributed by atoms with Crippen LogP contribution in [0.1, 0.15) is 30.0 Å². The first-order valence-electron chi connectivity index (χ1n) is 8.47. The van der Waals surface area contributed by atoms with Gasteiger partial charge in [-0.25, -0.2) is 5.43 Å². The van der Waals surface area contributed by atoms with Crippen molar-refractivity contribution in [1.82, 2.24) is 5.43 Å². The Morgan fingerprint density at radius 1 is 0.931 bits per heavy atom. The third-order valence-electron chi connectivity index (χ3n) is 4.32. The van der Waals surface area contributed by atoms with Crippen LogP contribution in [-0.2, 0) is 17.1 Å². The predicted molar refractivity (Wildman–Crippen MR) is 94.6 cm³/mol. The summed E-state index contributed by atoms with van der Waals surface area (Å²) in [7, 11) is 0. The van der Waals surface area contributed by atoms with Crippen LogP contribution in [0.2, 0.25) is 0 Å². The van der Waals surface area contributed by atoms with Crippen LogP contribution >= 0.6 is 0 Å². The number of benzene rings is 2. The molecule has 0 unspecified atom stereocenters. The van der Waals surface area contributed by atoms with E-state index in [0.29, 0.717) is 29.1 Å². The van der Waals surface area contributed by atoms with E-state index >= 15 is 0 Å².